The normalized spacial score (nSPS) is 12.6. The Morgan fingerprint density at radius 2 is 1.89 bits per heavy atom. The van der Waals surface area contributed by atoms with Crippen molar-refractivity contribution >= 4 is 11.2 Å². The van der Waals surface area contributed by atoms with Gasteiger partial charge in [-0.1, -0.05) is 20.8 Å². The number of rotatable bonds is 3. The van der Waals surface area contributed by atoms with Crippen molar-refractivity contribution in [1.82, 2.24) is 24.4 Å². The summed E-state index contributed by atoms with van der Waals surface area (Å²) in [5.41, 5.74) is 2.85. The molecule has 2 aromatic rings. The van der Waals surface area contributed by atoms with Gasteiger partial charge in [0.15, 0.2) is 5.65 Å². The standard InChI is InChI=1S/C13H21N5/c1-13(2,3)11-10-12(15-8-14-11)18(9-16-10)7-6-17(4)5/h8-9H,6-7H2,1-5H3. The van der Waals surface area contributed by atoms with Gasteiger partial charge in [-0.25, -0.2) is 15.0 Å². The molecule has 0 aromatic carbocycles. The van der Waals surface area contributed by atoms with Gasteiger partial charge in [0.1, 0.15) is 11.8 Å². The summed E-state index contributed by atoms with van der Waals surface area (Å²) >= 11 is 0. The number of imidazole rings is 1. The Kier molecular flexibility index (Phi) is 3.34. The highest BCUT2D eigenvalue weighted by molar-refractivity contribution is 5.74. The Morgan fingerprint density at radius 3 is 2.50 bits per heavy atom. The molecule has 2 aromatic heterocycles. The highest BCUT2D eigenvalue weighted by Gasteiger charge is 2.21. The minimum Gasteiger partial charge on any atom is -0.314 e. The average Bonchev–Trinajstić information content (AvgIpc) is 2.67. The number of likely N-dealkylation sites (N-methyl/N-ethyl adjacent to an activating group) is 1. The van der Waals surface area contributed by atoms with E-state index in [0.717, 1.165) is 29.9 Å². The molecule has 0 aliphatic carbocycles. The van der Waals surface area contributed by atoms with Crippen molar-refractivity contribution < 1.29 is 0 Å². The van der Waals surface area contributed by atoms with Gasteiger partial charge in [-0.2, -0.15) is 0 Å². The van der Waals surface area contributed by atoms with Gasteiger partial charge in [-0.15, -0.1) is 0 Å². The third-order valence-electron chi connectivity index (χ3n) is 2.90. The zero-order valence-corrected chi connectivity index (χ0v) is 11.8. The van der Waals surface area contributed by atoms with E-state index in [2.05, 4.69) is 59.3 Å². The van der Waals surface area contributed by atoms with E-state index >= 15 is 0 Å². The maximum absolute atomic E-state index is 4.48. The van der Waals surface area contributed by atoms with Crippen molar-refractivity contribution in [3.8, 4) is 0 Å². The molecule has 0 spiro atoms. The third-order valence-corrected chi connectivity index (χ3v) is 2.90. The van der Waals surface area contributed by atoms with Crippen molar-refractivity contribution in [2.24, 2.45) is 0 Å². The Bertz CT molecular complexity index is 536. The summed E-state index contributed by atoms with van der Waals surface area (Å²) in [6, 6.07) is 0. The predicted octanol–water partition coefficient (Wildman–Crippen LogP) is 1.69. The quantitative estimate of drug-likeness (QED) is 0.828. The van der Waals surface area contributed by atoms with Gasteiger partial charge in [0.2, 0.25) is 0 Å². The second kappa shape index (κ2) is 4.65. The summed E-state index contributed by atoms with van der Waals surface area (Å²) in [5.74, 6) is 0. The molecule has 0 N–H and O–H groups in total. The second-order valence-corrected chi connectivity index (χ2v) is 5.89. The molecule has 0 radical (unpaired) electrons. The highest BCUT2D eigenvalue weighted by Crippen LogP contribution is 2.25. The van der Waals surface area contributed by atoms with Gasteiger partial charge in [0.25, 0.3) is 0 Å². The van der Waals surface area contributed by atoms with Gasteiger partial charge in [-0.05, 0) is 14.1 Å². The van der Waals surface area contributed by atoms with Gasteiger partial charge in [0.05, 0.1) is 12.0 Å². The zero-order valence-electron chi connectivity index (χ0n) is 11.8. The molecule has 0 bridgehead atoms. The number of nitrogens with zero attached hydrogens (tertiary/aromatic N) is 5. The summed E-state index contributed by atoms with van der Waals surface area (Å²) in [6.45, 7) is 8.30. The molecule has 18 heavy (non-hydrogen) atoms. The lowest BCUT2D eigenvalue weighted by atomic mass is 9.91. The SMILES string of the molecule is CN(C)CCn1cnc2c(C(C)(C)C)ncnc21. The van der Waals surface area contributed by atoms with E-state index in [9.17, 15) is 0 Å². The first-order chi connectivity index (χ1) is 8.39. The van der Waals surface area contributed by atoms with Crippen LogP contribution in [0.3, 0.4) is 0 Å². The topological polar surface area (TPSA) is 46.8 Å². The predicted molar refractivity (Wildman–Crippen MR) is 72.6 cm³/mol. The lowest BCUT2D eigenvalue weighted by molar-refractivity contribution is 0.386. The van der Waals surface area contributed by atoms with Crippen molar-refractivity contribution in [1.29, 1.82) is 0 Å². The number of hydrogen-bond donors (Lipinski definition) is 0. The van der Waals surface area contributed by atoms with E-state index in [1.165, 1.54) is 0 Å². The Hall–Kier alpha value is -1.49. The molecular weight excluding hydrogens is 226 g/mol. The first-order valence-corrected chi connectivity index (χ1v) is 6.20. The van der Waals surface area contributed by atoms with Crippen LogP contribution in [-0.4, -0.2) is 45.1 Å². The number of fused-ring (bicyclic) bond motifs is 1. The van der Waals surface area contributed by atoms with E-state index in [4.69, 9.17) is 0 Å². The Balaban J connectivity index is 2.42. The summed E-state index contributed by atoms with van der Waals surface area (Å²) < 4.78 is 2.09. The largest absolute Gasteiger partial charge is 0.314 e. The van der Waals surface area contributed by atoms with Gasteiger partial charge >= 0.3 is 0 Å². The lowest BCUT2D eigenvalue weighted by Crippen LogP contribution is -2.18. The van der Waals surface area contributed by atoms with Gasteiger partial charge in [0, 0.05) is 18.5 Å². The molecular formula is C13H21N5. The van der Waals surface area contributed by atoms with E-state index < -0.39 is 0 Å². The summed E-state index contributed by atoms with van der Waals surface area (Å²) in [4.78, 5) is 15.4. The lowest BCUT2D eigenvalue weighted by Gasteiger charge is -2.17. The summed E-state index contributed by atoms with van der Waals surface area (Å²) in [5, 5.41) is 0. The van der Waals surface area contributed by atoms with Gasteiger partial charge < -0.3 is 9.47 Å². The molecule has 5 heteroatoms. The molecule has 0 saturated heterocycles. The Morgan fingerprint density at radius 1 is 1.17 bits per heavy atom. The summed E-state index contributed by atoms with van der Waals surface area (Å²) in [6.07, 6.45) is 3.49. The molecule has 0 unspecified atom stereocenters. The smallest absolute Gasteiger partial charge is 0.163 e. The molecule has 98 valence electrons. The van der Waals surface area contributed by atoms with Crippen molar-refractivity contribution in [3.05, 3.63) is 18.3 Å². The van der Waals surface area contributed by atoms with Crippen molar-refractivity contribution in [2.45, 2.75) is 32.7 Å². The molecule has 0 saturated carbocycles. The fourth-order valence-electron chi connectivity index (χ4n) is 1.90. The maximum atomic E-state index is 4.48. The first-order valence-electron chi connectivity index (χ1n) is 6.20. The minimum atomic E-state index is -0.0120. The highest BCUT2D eigenvalue weighted by atomic mass is 15.2. The monoisotopic (exact) mass is 247 g/mol. The van der Waals surface area contributed by atoms with Crippen LogP contribution in [0.15, 0.2) is 12.7 Å². The van der Waals surface area contributed by atoms with Crippen LogP contribution in [0.25, 0.3) is 11.2 Å². The van der Waals surface area contributed by atoms with Crippen LogP contribution in [0.4, 0.5) is 0 Å². The van der Waals surface area contributed by atoms with Crippen LogP contribution >= 0.6 is 0 Å². The third kappa shape index (κ3) is 2.51. The molecule has 2 heterocycles. The van der Waals surface area contributed by atoms with Gasteiger partial charge in [-0.3, -0.25) is 0 Å². The van der Waals surface area contributed by atoms with E-state index in [1.807, 2.05) is 6.33 Å². The van der Waals surface area contributed by atoms with Crippen LogP contribution in [0.5, 0.6) is 0 Å². The maximum Gasteiger partial charge on any atom is 0.163 e. The molecule has 2 rings (SSSR count). The van der Waals surface area contributed by atoms with Crippen molar-refractivity contribution in [3.63, 3.8) is 0 Å². The van der Waals surface area contributed by atoms with Crippen LogP contribution in [-0.2, 0) is 12.0 Å². The molecule has 0 amide bonds. The van der Waals surface area contributed by atoms with E-state index in [1.54, 1.807) is 6.33 Å². The fraction of sp³-hybridized carbons (Fsp3) is 0.615. The minimum absolute atomic E-state index is 0.0120. The average molecular weight is 247 g/mol. The Labute approximate surface area is 108 Å². The number of aromatic nitrogens is 4. The molecule has 5 nitrogen and oxygen atoms in total. The fourth-order valence-corrected chi connectivity index (χ4v) is 1.90. The van der Waals surface area contributed by atoms with E-state index in [0.29, 0.717) is 0 Å². The molecule has 0 atom stereocenters. The summed E-state index contributed by atoms with van der Waals surface area (Å²) in [7, 11) is 4.13. The van der Waals surface area contributed by atoms with Crippen LogP contribution in [0, 0.1) is 0 Å². The van der Waals surface area contributed by atoms with Crippen LogP contribution < -0.4 is 0 Å². The molecule has 0 aliphatic rings. The first kappa shape index (κ1) is 13.0. The zero-order chi connectivity index (χ0) is 13.3. The molecule has 0 fully saturated rings. The van der Waals surface area contributed by atoms with Crippen LogP contribution in [0.2, 0.25) is 0 Å². The number of hydrogen-bond acceptors (Lipinski definition) is 4. The van der Waals surface area contributed by atoms with Crippen molar-refractivity contribution in [2.75, 3.05) is 20.6 Å². The molecule has 0 aliphatic heterocycles. The second-order valence-electron chi connectivity index (χ2n) is 5.89. The van der Waals surface area contributed by atoms with Crippen LogP contribution in [0.1, 0.15) is 26.5 Å². The van der Waals surface area contributed by atoms with E-state index in [-0.39, 0.29) is 5.41 Å².